The van der Waals surface area contributed by atoms with Gasteiger partial charge in [-0.1, -0.05) is 67.0 Å². The lowest BCUT2D eigenvalue weighted by molar-refractivity contribution is -0.225. The van der Waals surface area contributed by atoms with Crippen LogP contribution >= 0.6 is 0 Å². The third-order valence-corrected chi connectivity index (χ3v) is 13.3. The Labute approximate surface area is 197 Å². The van der Waals surface area contributed by atoms with Crippen LogP contribution in [-0.2, 0) is 0 Å². The Morgan fingerprint density at radius 3 is 2.19 bits per heavy atom. The van der Waals surface area contributed by atoms with Gasteiger partial charge in [0.25, 0.3) is 0 Å². The predicted octanol–water partition coefficient (Wildman–Crippen LogP) is 7.00. The van der Waals surface area contributed by atoms with Crippen LogP contribution in [0, 0.1) is 56.7 Å². The summed E-state index contributed by atoms with van der Waals surface area (Å²) in [5.74, 6) is 2.85. The molecule has 0 unspecified atom stereocenters. The molecule has 4 fully saturated rings. The largest absolute Gasteiger partial charge is 0.393 e. The Balaban J connectivity index is 1.63. The zero-order valence-corrected chi connectivity index (χ0v) is 22.2. The van der Waals surface area contributed by atoms with Gasteiger partial charge in [-0.15, -0.1) is 0 Å². The number of allylic oxidation sites excluding steroid dienone is 1. The molecule has 0 aromatic rings. The van der Waals surface area contributed by atoms with Crippen molar-refractivity contribution in [1.82, 2.24) is 0 Å². The Morgan fingerprint density at radius 2 is 1.50 bits per heavy atom. The Hall–Kier alpha value is -0.340. The van der Waals surface area contributed by atoms with Gasteiger partial charge in [0.05, 0.1) is 12.2 Å². The van der Waals surface area contributed by atoms with E-state index in [-0.39, 0.29) is 39.8 Å². The van der Waals surface area contributed by atoms with Gasteiger partial charge in [-0.25, -0.2) is 0 Å². The first kappa shape index (κ1) is 23.4. The van der Waals surface area contributed by atoms with Gasteiger partial charge < -0.3 is 10.2 Å². The second-order valence-corrected chi connectivity index (χ2v) is 14.8. The highest BCUT2D eigenvalue weighted by Crippen LogP contribution is 2.75. The molecule has 4 saturated carbocycles. The summed E-state index contributed by atoms with van der Waals surface area (Å²) < 4.78 is 0. The van der Waals surface area contributed by atoms with E-state index in [0.717, 1.165) is 18.8 Å². The van der Waals surface area contributed by atoms with Crippen molar-refractivity contribution in [2.45, 2.75) is 119 Å². The summed E-state index contributed by atoms with van der Waals surface area (Å²) in [4.78, 5) is 0. The molecule has 0 saturated heterocycles. The molecule has 0 amide bonds. The first-order valence-corrected chi connectivity index (χ1v) is 13.8. The van der Waals surface area contributed by atoms with Crippen molar-refractivity contribution >= 4 is 0 Å². The highest BCUT2D eigenvalue weighted by Gasteiger charge is 2.69. The minimum absolute atomic E-state index is 0.0720. The topological polar surface area (TPSA) is 40.5 Å². The van der Waals surface area contributed by atoms with Crippen molar-refractivity contribution in [2.24, 2.45) is 56.7 Å². The second kappa shape index (κ2) is 6.87. The van der Waals surface area contributed by atoms with Gasteiger partial charge in [0.2, 0.25) is 0 Å². The van der Waals surface area contributed by atoms with Gasteiger partial charge in [0.15, 0.2) is 0 Å². The molecular weight excluding hydrogens is 392 g/mol. The maximum absolute atomic E-state index is 12.0. The van der Waals surface area contributed by atoms with E-state index in [1.54, 1.807) is 5.57 Å². The molecule has 182 valence electrons. The van der Waals surface area contributed by atoms with E-state index in [9.17, 15) is 10.2 Å². The lowest BCUT2D eigenvalue weighted by Gasteiger charge is -2.72. The second-order valence-electron chi connectivity index (χ2n) is 14.8. The molecule has 0 bridgehead atoms. The van der Waals surface area contributed by atoms with Gasteiger partial charge in [-0.2, -0.15) is 0 Å². The van der Waals surface area contributed by atoms with E-state index < -0.39 is 0 Å². The van der Waals surface area contributed by atoms with E-state index in [1.165, 1.54) is 38.5 Å². The van der Waals surface area contributed by atoms with Crippen molar-refractivity contribution in [3.05, 3.63) is 11.6 Å². The highest BCUT2D eigenvalue weighted by atomic mass is 16.3. The maximum Gasteiger partial charge on any atom is 0.0762 e. The minimum Gasteiger partial charge on any atom is -0.393 e. The molecular formula is C30H50O2. The third-order valence-electron chi connectivity index (χ3n) is 13.3. The molecule has 2 heteroatoms. The van der Waals surface area contributed by atoms with Crippen LogP contribution in [0.4, 0.5) is 0 Å². The molecule has 0 aromatic heterocycles. The van der Waals surface area contributed by atoms with Gasteiger partial charge in [0.1, 0.15) is 0 Å². The molecule has 0 heterocycles. The molecule has 2 N–H and O–H groups in total. The normalized spacial score (nSPS) is 59.2. The van der Waals surface area contributed by atoms with Crippen LogP contribution in [0.25, 0.3) is 0 Å². The van der Waals surface area contributed by atoms with Crippen molar-refractivity contribution in [3.8, 4) is 0 Å². The van der Waals surface area contributed by atoms with Crippen LogP contribution in [0.5, 0.6) is 0 Å². The summed E-state index contributed by atoms with van der Waals surface area (Å²) in [7, 11) is 0. The number of rotatable bonds is 0. The molecule has 0 aliphatic heterocycles. The molecule has 0 radical (unpaired) electrons. The maximum atomic E-state index is 12.0. The Morgan fingerprint density at radius 1 is 0.812 bits per heavy atom. The monoisotopic (exact) mass is 442 g/mol. The minimum atomic E-state index is -0.353. The van der Waals surface area contributed by atoms with Crippen molar-refractivity contribution < 1.29 is 10.2 Å². The highest BCUT2D eigenvalue weighted by molar-refractivity contribution is 5.35. The number of aliphatic hydroxyl groups excluding tert-OH is 2. The van der Waals surface area contributed by atoms with Crippen LogP contribution in [-0.4, -0.2) is 22.4 Å². The Bertz CT molecular complexity index is 814. The smallest absolute Gasteiger partial charge is 0.0762 e. The molecule has 11 atom stereocenters. The van der Waals surface area contributed by atoms with E-state index in [4.69, 9.17) is 0 Å². The molecule has 5 rings (SSSR count). The lowest BCUT2D eigenvalue weighted by atomic mass is 9.33. The van der Waals surface area contributed by atoms with E-state index >= 15 is 0 Å². The lowest BCUT2D eigenvalue weighted by Crippen LogP contribution is -2.67. The Kier molecular flexibility index (Phi) is 5.02. The van der Waals surface area contributed by atoms with E-state index in [1.807, 2.05) is 0 Å². The zero-order valence-electron chi connectivity index (χ0n) is 22.2. The number of fused-ring (bicyclic) bond motifs is 7. The number of aliphatic hydroxyl groups is 2. The quantitative estimate of drug-likeness (QED) is 0.397. The van der Waals surface area contributed by atoms with Crippen molar-refractivity contribution in [3.63, 3.8) is 0 Å². The molecule has 5 aliphatic carbocycles. The van der Waals surface area contributed by atoms with Crippen LogP contribution in [0.2, 0.25) is 0 Å². The van der Waals surface area contributed by atoms with E-state index in [2.05, 4.69) is 61.5 Å². The fourth-order valence-electron chi connectivity index (χ4n) is 10.9. The summed E-state index contributed by atoms with van der Waals surface area (Å²) in [5, 5.41) is 22.8. The third kappa shape index (κ3) is 2.66. The van der Waals surface area contributed by atoms with E-state index in [0.29, 0.717) is 23.2 Å². The van der Waals surface area contributed by atoms with Crippen LogP contribution in [0.1, 0.15) is 107 Å². The molecule has 32 heavy (non-hydrogen) atoms. The number of hydrogen-bond acceptors (Lipinski definition) is 2. The van der Waals surface area contributed by atoms with Gasteiger partial charge >= 0.3 is 0 Å². The number of hydrogen-bond donors (Lipinski definition) is 2. The first-order valence-electron chi connectivity index (χ1n) is 13.8. The molecule has 0 spiro atoms. The van der Waals surface area contributed by atoms with Crippen LogP contribution < -0.4 is 0 Å². The summed E-state index contributed by atoms with van der Waals surface area (Å²) in [6.45, 7) is 19.7. The van der Waals surface area contributed by atoms with Gasteiger partial charge in [-0.05, 0) is 102 Å². The SMILES string of the molecule is C[C@H]1[C@H](C)CC[C@]2(C)CC[C@]3(C)C(=C[C@H](O)[C@@H]4[C@@]5(C)CC[C@H](O)C(C)(C)[C@@H]5CC[C@]43C)[C@H]12. The predicted molar refractivity (Wildman–Crippen MR) is 132 cm³/mol. The summed E-state index contributed by atoms with van der Waals surface area (Å²) in [5.41, 5.74) is 2.36. The van der Waals surface area contributed by atoms with Gasteiger partial charge in [-0.3, -0.25) is 0 Å². The summed E-state index contributed by atoms with van der Waals surface area (Å²) in [6.07, 6.45) is 11.5. The molecule has 2 nitrogen and oxygen atoms in total. The average Bonchev–Trinajstić information content (AvgIpc) is 2.70. The molecule has 5 aliphatic rings. The zero-order chi connectivity index (χ0) is 23.5. The van der Waals surface area contributed by atoms with Crippen molar-refractivity contribution in [2.75, 3.05) is 0 Å². The standard InChI is InChI=1S/C30H50O2/c1-18-9-12-27(5)15-16-29(7)20(24(27)19(18)2)17-21(31)25-28(6)13-11-23(32)26(3,4)22(28)10-14-30(25,29)8/h17-19,21-25,31-32H,9-16H2,1-8H3/t18-,19+,21+,22+,23+,24+,25-,27-,28+,29-,30-/m1/s1. The fourth-order valence-corrected chi connectivity index (χ4v) is 10.9. The summed E-state index contributed by atoms with van der Waals surface area (Å²) >= 11 is 0. The summed E-state index contributed by atoms with van der Waals surface area (Å²) in [6, 6.07) is 0. The van der Waals surface area contributed by atoms with Crippen LogP contribution in [0.15, 0.2) is 11.6 Å². The fraction of sp³-hybridized carbons (Fsp3) is 0.933. The van der Waals surface area contributed by atoms with Crippen LogP contribution in [0.3, 0.4) is 0 Å². The molecule has 0 aromatic carbocycles. The van der Waals surface area contributed by atoms with Gasteiger partial charge in [0, 0.05) is 5.92 Å². The van der Waals surface area contributed by atoms with Crippen molar-refractivity contribution in [1.29, 1.82) is 0 Å². The first-order chi connectivity index (χ1) is 14.7. The average molecular weight is 443 g/mol.